The molecular formula is C15H26N2O5S. The van der Waals surface area contributed by atoms with E-state index in [9.17, 15) is 23.1 Å². The first-order chi connectivity index (χ1) is 10.8. The number of aliphatic carboxylic acids is 1. The Kier molecular flexibility index (Phi) is 5.67. The molecule has 2 rings (SSSR count). The Morgan fingerprint density at radius 2 is 1.87 bits per heavy atom. The second-order valence-electron chi connectivity index (χ2n) is 6.44. The molecule has 2 heterocycles. The largest absolute Gasteiger partial charge is 0.481 e. The van der Waals surface area contributed by atoms with Crippen molar-refractivity contribution in [2.24, 2.45) is 5.92 Å². The summed E-state index contributed by atoms with van der Waals surface area (Å²) in [5, 5.41) is 9.20. The van der Waals surface area contributed by atoms with Crippen molar-refractivity contribution in [3.8, 4) is 0 Å². The van der Waals surface area contributed by atoms with E-state index in [1.807, 2.05) is 0 Å². The van der Waals surface area contributed by atoms with Gasteiger partial charge in [-0.05, 0) is 32.6 Å². The molecule has 0 saturated carbocycles. The van der Waals surface area contributed by atoms with Gasteiger partial charge in [-0.3, -0.25) is 9.59 Å². The van der Waals surface area contributed by atoms with Crippen LogP contribution < -0.4 is 0 Å². The second kappa shape index (κ2) is 7.17. The van der Waals surface area contributed by atoms with Crippen LogP contribution in [0.3, 0.4) is 0 Å². The van der Waals surface area contributed by atoms with Crippen molar-refractivity contribution < 1.29 is 23.1 Å². The molecule has 1 amide bonds. The predicted octanol–water partition coefficient (Wildman–Crippen LogP) is 0.902. The highest BCUT2D eigenvalue weighted by Crippen LogP contribution is 2.29. The van der Waals surface area contributed by atoms with Crippen LogP contribution in [-0.2, 0) is 19.6 Å². The molecule has 23 heavy (non-hydrogen) atoms. The summed E-state index contributed by atoms with van der Waals surface area (Å²) >= 11 is 0. The number of carboxylic acids is 1. The molecule has 0 aromatic rings. The molecule has 2 fully saturated rings. The summed E-state index contributed by atoms with van der Waals surface area (Å²) in [6, 6.07) is -1.06. The number of rotatable bonds is 5. The van der Waals surface area contributed by atoms with E-state index < -0.39 is 34.0 Å². The maximum atomic E-state index is 12.9. The van der Waals surface area contributed by atoms with Gasteiger partial charge in [-0.25, -0.2) is 8.42 Å². The van der Waals surface area contributed by atoms with E-state index in [2.05, 4.69) is 0 Å². The van der Waals surface area contributed by atoms with Crippen molar-refractivity contribution in [1.29, 1.82) is 0 Å². The average molecular weight is 346 g/mol. The van der Waals surface area contributed by atoms with Gasteiger partial charge in [-0.2, -0.15) is 4.31 Å². The smallest absolute Gasteiger partial charge is 0.308 e. The van der Waals surface area contributed by atoms with Crippen LogP contribution in [0, 0.1) is 5.92 Å². The number of hydrogen-bond donors (Lipinski definition) is 1. The van der Waals surface area contributed by atoms with Gasteiger partial charge < -0.3 is 10.0 Å². The summed E-state index contributed by atoms with van der Waals surface area (Å²) < 4.78 is 26.2. The van der Waals surface area contributed by atoms with Crippen molar-refractivity contribution in [1.82, 2.24) is 9.21 Å². The van der Waals surface area contributed by atoms with E-state index in [4.69, 9.17) is 0 Å². The Labute approximate surface area is 137 Å². The SMILES string of the molecule is CCCS(=O)(=O)N1CCCCC1C(=O)N1CCC(C(=O)O)C1C. The molecule has 0 bridgehead atoms. The average Bonchev–Trinajstić information content (AvgIpc) is 2.88. The van der Waals surface area contributed by atoms with Gasteiger partial charge in [0.2, 0.25) is 15.9 Å². The van der Waals surface area contributed by atoms with Crippen molar-refractivity contribution >= 4 is 21.9 Å². The highest BCUT2D eigenvalue weighted by atomic mass is 32.2. The lowest BCUT2D eigenvalue weighted by Gasteiger charge is -2.37. The van der Waals surface area contributed by atoms with Crippen LogP contribution in [0.15, 0.2) is 0 Å². The lowest BCUT2D eigenvalue weighted by atomic mass is 10.0. The third-order valence-corrected chi connectivity index (χ3v) is 6.99. The van der Waals surface area contributed by atoms with Crippen molar-refractivity contribution in [2.45, 2.75) is 58.0 Å². The summed E-state index contributed by atoms with van der Waals surface area (Å²) in [5.41, 5.74) is 0. The zero-order valence-corrected chi connectivity index (χ0v) is 14.6. The highest BCUT2D eigenvalue weighted by Gasteiger charge is 2.44. The second-order valence-corrected chi connectivity index (χ2v) is 8.49. The van der Waals surface area contributed by atoms with Gasteiger partial charge >= 0.3 is 5.97 Å². The van der Waals surface area contributed by atoms with Gasteiger partial charge in [0.05, 0.1) is 11.7 Å². The molecule has 0 aromatic carbocycles. The fourth-order valence-corrected chi connectivity index (χ4v) is 5.37. The first kappa shape index (κ1) is 18.2. The number of hydrogen-bond acceptors (Lipinski definition) is 4. The Hall–Kier alpha value is -1.15. The summed E-state index contributed by atoms with van der Waals surface area (Å²) in [4.78, 5) is 25.6. The van der Waals surface area contributed by atoms with Crippen LogP contribution in [-0.4, -0.2) is 65.5 Å². The van der Waals surface area contributed by atoms with E-state index in [1.54, 1.807) is 18.7 Å². The number of likely N-dealkylation sites (tertiary alicyclic amines) is 1. The van der Waals surface area contributed by atoms with E-state index in [-0.39, 0.29) is 11.7 Å². The molecule has 8 heteroatoms. The maximum absolute atomic E-state index is 12.9. The van der Waals surface area contributed by atoms with E-state index in [1.165, 1.54) is 4.31 Å². The minimum Gasteiger partial charge on any atom is -0.481 e. The monoisotopic (exact) mass is 346 g/mol. The van der Waals surface area contributed by atoms with Crippen LogP contribution in [0.4, 0.5) is 0 Å². The molecule has 3 unspecified atom stereocenters. The van der Waals surface area contributed by atoms with E-state index in [0.717, 1.165) is 12.8 Å². The van der Waals surface area contributed by atoms with Gasteiger partial charge in [0, 0.05) is 19.1 Å². The molecule has 2 saturated heterocycles. The number of piperidine rings is 1. The molecule has 0 radical (unpaired) electrons. The van der Waals surface area contributed by atoms with Gasteiger partial charge in [0.15, 0.2) is 0 Å². The van der Waals surface area contributed by atoms with Gasteiger partial charge in [0.1, 0.15) is 6.04 Å². The number of nitrogens with zero attached hydrogens (tertiary/aromatic N) is 2. The molecule has 0 aliphatic carbocycles. The number of carbonyl (C=O) groups is 2. The standard InChI is InChI=1S/C15H26N2O5S/c1-3-10-23(21,22)17-8-5-4-6-13(17)14(18)16-9-7-12(11(16)2)15(19)20/h11-13H,3-10H2,1-2H3,(H,19,20). The molecule has 132 valence electrons. The van der Waals surface area contributed by atoms with Gasteiger partial charge in [0.25, 0.3) is 0 Å². The fraction of sp³-hybridized carbons (Fsp3) is 0.867. The van der Waals surface area contributed by atoms with Crippen LogP contribution >= 0.6 is 0 Å². The molecule has 2 aliphatic heterocycles. The number of sulfonamides is 1. The lowest BCUT2D eigenvalue weighted by Crippen LogP contribution is -2.54. The van der Waals surface area contributed by atoms with Crippen LogP contribution in [0.5, 0.6) is 0 Å². The topological polar surface area (TPSA) is 95.0 Å². The van der Waals surface area contributed by atoms with Crippen molar-refractivity contribution in [2.75, 3.05) is 18.8 Å². The molecule has 1 N–H and O–H groups in total. The quantitative estimate of drug-likeness (QED) is 0.798. The van der Waals surface area contributed by atoms with Crippen LogP contribution in [0.2, 0.25) is 0 Å². The maximum Gasteiger partial charge on any atom is 0.308 e. The third kappa shape index (κ3) is 3.68. The minimum atomic E-state index is -3.43. The molecule has 0 spiro atoms. The fourth-order valence-electron chi connectivity index (χ4n) is 3.63. The number of carbonyl (C=O) groups excluding carboxylic acids is 1. The lowest BCUT2D eigenvalue weighted by molar-refractivity contribution is -0.143. The zero-order valence-electron chi connectivity index (χ0n) is 13.8. The summed E-state index contributed by atoms with van der Waals surface area (Å²) in [7, 11) is -3.43. The normalized spacial score (nSPS) is 29.7. The number of carboxylic acid groups (broad SMARTS) is 1. The van der Waals surface area contributed by atoms with Gasteiger partial charge in [-0.15, -0.1) is 0 Å². The predicted molar refractivity (Wildman–Crippen MR) is 85.3 cm³/mol. The van der Waals surface area contributed by atoms with Crippen molar-refractivity contribution in [3.63, 3.8) is 0 Å². The summed E-state index contributed by atoms with van der Waals surface area (Å²) in [6.07, 6.45) is 3.04. The van der Waals surface area contributed by atoms with E-state index >= 15 is 0 Å². The molecule has 3 atom stereocenters. The Balaban J connectivity index is 2.18. The zero-order chi connectivity index (χ0) is 17.2. The first-order valence-corrected chi connectivity index (χ1v) is 9.93. The Bertz CT molecular complexity index is 562. The molecular weight excluding hydrogens is 320 g/mol. The first-order valence-electron chi connectivity index (χ1n) is 8.32. The minimum absolute atomic E-state index is 0.0457. The van der Waals surface area contributed by atoms with E-state index in [0.29, 0.717) is 32.4 Å². The summed E-state index contributed by atoms with van der Waals surface area (Å²) in [5.74, 6) is -1.65. The van der Waals surface area contributed by atoms with Crippen molar-refractivity contribution in [3.05, 3.63) is 0 Å². The van der Waals surface area contributed by atoms with Crippen LogP contribution in [0.25, 0.3) is 0 Å². The third-order valence-electron chi connectivity index (χ3n) is 4.91. The van der Waals surface area contributed by atoms with Crippen LogP contribution in [0.1, 0.15) is 46.0 Å². The van der Waals surface area contributed by atoms with Gasteiger partial charge in [-0.1, -0.05) is 13.3 Å². The molecule has 7 nitrogen and oxygen atoms in total. The molecule has 2 aliphatic rings. The number of amides is 1. The Morgan fingerprint density at radius 3 is 2.43 bits per heavy atom. The summed E-state index contributed by atoms with van der Waals surface area (Å²) in [6.45, 7) is 4.30. The Morgan fingerprint density at radius 1 is 1.17 bits per heavy atom. The molecule has 0 aromatic heterocycles. The highest BCUT2D eigenvalue weighted by molar-refractivity contribution is 7.89.